The first-order chi connectivity index (χ1) is 10.0. The Morgan fingerprint density at radius 3 is 2.43 bits per heavy atom. The number of aliphatic carboxylic acids is 1. The van der Waals surface area contributed by atoms with Crippen molar-refractivity contribution in [1.82, 2.24) is 0 Å². The predicted octanol–water partition coefficient (Wildman–Crippen LogP) is 2.92. The summed E-state index contributed by atoms with van der Waals surface area (Å²) in [6, 6.07) is 3.89. The quantitative estimate of drug-likeness (QED) is 0.667. The molecule has 0 bridgehead atoms. The summed E-state index contributed by atoms with van der Waals surface area (Å²) in [6.45, 7) is 2.36. The molecule has 0 aliphatic carbocycles. The van der Waals surface area contributed by atoms with Crippen LogP contribution in [0.5, 0.6) is 11.5 Å². The standard InChI is InChI=1S/C8H7BrO2.C7HBrO2/c1-5-2-7-8(3-6(5)9)11-4-10-7;8-6-4-2-1-3-5-7(9)10/h2-3H,4H2,1H3;(H,9,10). The molecule has 0 fully saturated rings. The molecule has 0 saturated carbocycles. The lowest BCUT2D eigenvalue weighted by atomic mass is 10.2. The fourth-order valence-electron chi connectivity index (χ4n) is 1.19. The van der Waals surface area contributed by atoms with Gasteiger partial charge in [0.15, 0.2) is 11.5 Å². The van der Waals surface area contributed by atoms with E-state index in [1.54, 1.807) is 0 Å². The fraction of sp³-hybridized carbons (Fsp3) is 0.133. The summed E-state index contributed by atoms with van der Waals surface area (Å²) in [7, 11) is 0. The van der Waals surface area contributed by atoms with Crippen molar-refractivity contribution < 1.29 is 19.4 Å². The van der Waals surface area contributed by atoms with Crippen LogP contribution in [0.15, 0.2) is 16.6 Å². The molecule has 1 aliphatic rings. The van der Waals surface area contributed by atoms with Gasteiger partial charge in [-0.2, -0.15) is 0 Å². The van der Waals surface area contributed by atoms with Gasteiger partial charge in [-0.15, -0.1) is 0 Å². The van der Waals surface area contributed by atoms with E-state index >= 15 is 0 Å². The maximum Gasteiger partial charge on any atom is 0.382 e. The van der Waals surface area contributed by atoms with Gasteiger partial charge >= 0.3 is 5.97 Å². The van der Waals surface area contributed by atoms with Crippen LogP contribution in [0.2, 0.25) is 0 Å². The number of carboxylic acids is 1. The minimum Gasteiger partial charge on any atom is -0.472 e. The number of aryl methyl sites for hydroxylation is 1. The molecule has 0 aromatic heterocycles. The third kappa shape index (κ3) is 6.27. The van der Waals surface area contributed by atoms with Crippen molar-refractivity contribution in [3.8, 4) is 45.9 Å². The Balaban J connectivity index is 0.000000212. The molecule has 4 nitrogen and oxygen atoms in total. The topological polar surface area (TPSA) is 55.8 Å². The van der Waals surface area contributed by atoms with Crippen LogP contribution in [0.3, 0.4) is 0 Å². The average Bonchev–Trinajstić information content (AvgIpc) is 2.86. The van der Waals surface area contributed by atoms with Gasteiger partial charge in [0.2, 0.25) is 6.79 Å². The van der Waals surface area contributed by atoms with Crippen LogP contribution < -0.4 is 9.47 Å². The molecule has 1 heterocycles. The van der Waals surface area contributed by atoms with Crippen LogP contribution in [-0.2, 0) is 4.79 Å². The number of rotatable bonds is 0. The Bertz CT molecular complexity index is 692. The number of ether oxygens (including phenoxy) is 2. The zero-order chi connectivity index (χ0) is 15.7. The zero-order valence-corrected chi connectivity index (χ0v) is 14.0. The molecular weight excluding hydrogens is 404 g/mol. The highest BCUT2D eigenvalue weighted by Crippen LogP contribution is 2.36. The monoisotopic (exact) mass is 410 g/mol. The van der Waals surface area contributed by atoms with Crippen LogP contribution in [0, 0.1) is 41.4 Å². The fourth-order valence-corrected chi connectivity index (χ4v) is 1.61. The van der Waals surface area contributed by atoms with Gasteiger partial charge in [0.25, 0.3) is 0 Å². The summed E-state index contributed by atoms with van der Waals surface area (Å²) in [5.74, 6) is 11.2. The van der Waals surface area contributed by atoms with Gasteiger partial charge in [0.05, 0.1) is 0 Å². The summed E-state index contributed by atoms with van der Waals surface area (Å²) < 4.78 is 11.4. The minimum absolute atomic E-state index is 0.339. The van der Waals surface area contributed by atoms with Crippen LogP contribution in [0.1, 0.15) is 5.56 Å². The normalized spacial score (nSPS) is 9.48. The van der Waals surface area contributed by atoms with Crippen LogP contribution in [-0.4, -0.2) is 17.9 Å². The van der Waals surface area contributed by atoms with Gasteiger partial charge in [-0.05, 0) is 53.1 Å². The van der Waals surface area contributed by atoms with Crippen LogP contribution in [0.4, 0.5) is 0 Å². The molecule has 1 N–H and O–H groups in total. The molecule has 0 atom stereocenters. The van der Waals surface area contributed by atoms with Crippen LogP contribution >= 0.6 is 31.9 Å². The first kappa shape index (κ1) is 17.0. The zero-order valence-electron chi connectivity index (χ0n) is 10.8. The van der Waals surface area contributed by atoms with E-state index in [9.17, 15) is 4.79 Å². The third-order valence-corrected chi connectivity index (χ3v) is 3.11. The number of hydrogen-bond acceptors (Lipinski definition) is 3. The van der Waals surface area contributed by atoms with Gasteiger partial charge < -0.3 is 14.6 Å². The van der Waals surface area contributed by atoms with Gasteiger partial charge in [0.1, 0.15) is 0 Å². The molecule has 0 unspecified atom stereocenters. The average molecular weight is 412 g/mol. The molecule has 0 spiro atoms. The Morgan fingerprint density at radius 2 is 1.81 bits per heavy atom. The Morgan fingerprint density at radius 1 is 1.19 bits per heavy atom. The highest BCUT2D eigenvalue weighted by molar-refractivity contribution is 9.12. The Hall–Kier alpha value is -2.07. The molecule has 0 radical (unpaired) electrons. The number of fused-ring (bicyclic) bond motifs is 1. The smallest absolute Gasteiger partial charge is 0.382 e. The van der Waals surface area contributed by atoms with Gasteiger partial charge in [-0.3, -0.25) is 0 Å². The van der Waals surface area contributed by atoms with Crippen molar-refractivity contribution in [2.75, 3.05) is 6.79 Å². The number of hydrogen-bond donors (Lipinski definition) is 1. The van der Waals surface area contributed by atoms with E-state index in [4.69, 9.17) is 14.6 Å². The molecule has 1 aromatic carbocycles. The lowest BCUT2D eigenvalue weighted by molar-refractivity contribution is -0.130. The molecule has 1 aliphatic heterocycles. The van der Waals surface area contributed by atoms with Crippen molar-refractivity contribution in [3.05, 3.63) is 22.2 Å². The van der Waals surface area contributed by atoms with Crippen molar-refractivity contribution in [3.63, 3.8) is 0 Å². The van der Waals surface area contributed by atoms with Gasteiger partial charge in [-0.1, -0.05) is 15.9 Å². The molecule has 0 saturated heterocycles. The van der Waals surface area contributed by atoms with E-state index in [1.165, 1.54) is 0 Å². The first-order valence-electron chi connectivity index (χ1n) is 5.45. The maximum absolute atomic E-state index is 9.75. The van der Waals surface area contributed by atoms with Gasteiger partial charge in [0, 0.05) is 26.3 Å². The lowest BCUT2D eigenvalue weighted by Gasteiger charge is -1.99. The van der Waals surface area contributed by atoms with E-state index in [2.05, 4.69) is 60.4 Å². The van der Waals surface area contributed by atoms with Gasteiger partial charge in [-0.25, -0.2) is 4.79 Å². The van der Waals surface area contributed by atoms with Crippen molar-refractivity contribution >= 4 is 37.8 Å². The summed E-state index contributed by atoms with van der Waals surface area (Å²) in [4.78, 5) is 12.1. The Kier molecular flexibility index (Phi) is 7.26. The summed E-state index contributed by atoms with van der Waals surface area (Å²) in [6.07, 6.45) is 0. The second kappa shape index (κ2) is 8.97. The van der Waals surface area contributed by atoms with E-state index in [1.807, 2.05) is 25.0 Å². The molecule has 6 heteroatoms. The largest absolute Gasteiger partial charge is 0.472 e. The maximum atomic E-state index is 9.75. The summed E-state index contributed by atoms with van der Waals surface area (Å²) in [5, 5.41) is 7.98. The highest BCUT2D eigenvalue weighted by atomic mass is 79.9. The second-order valence-electron chi connectivity index (χ2n) is 3.48. The molecular formula is C15H8Br2O4. The van der Waals surface area contributed by atoms with Crippen molar-refractivity contribution in [2.24, 2.45) is 0 Å². The first-order valence-corrected chi connectivity index (χ1v) is 7.03. The number of benzene rings is 1. The van der Waals surface area contributed by atoms with E-state index in [-0.39, 0.29) is 0 Å². The molecule has 2 rings (SSSR count). The summed E-state index contributed by atoms with van der Waals surface area (Å²) >= 11 is 6.22. The molecule has 1 aromatic rings. The van der Waals surface area contributed by atoms with Crippen LogP contribution in [0.25, 0.3) is 0 Å². The lowest BCUT2D eigenvalue weighted by Crippen LogP contribution is -1.92. The van der Waals surface area contributed by atoms with Crippen molar-refractivity contribution in [1.29, 1.82) is 0 Å². The number of carboxylic acid groups (broad SMARTS) is 1. The van der Waals surface area contributed by atoms with E-state index in [0.717, 1.165) is 21.5 Å². The molecule has 106 valence electrons. The van der Waals surface area contributed by atoms with Crippen molar-refractivity contribution in [2.45, 2.75) is 6.92 Å². The number of carbonyl (C=O) groups is 1. The third-order valence-electron chi connectivity index (χ3n) is 2.06. The number of halogens is 2. The molecule has 0 amide bonds. The predicted molar refractivity (Wildman–Crippen MR) is 84.9 cm³/mol. The molecule has 21 heavy (non-hydrogen) atoms. The Labute approximate surface area is 139 Å². The SMILES string of the molecule is Cc1cc2c(cc1Br)OCO2.O=C(O)C#CC#CC#CBr. The van der Waals surface area contributed by atoms with E-state index < -0.39 is 5.97 Å². The summed E-state index contributed by atoms with van der Waals surface area (Å²) in [5.41, 5.74) is 1.16. The second-order valence-corrected chi connectivity index (χ2v) is 4.73. The highest BCUT2D eigenvalue weighted by Gasteiger charge is 2.14. The van der Waals surface area contributed by atoms with E-state index in [0.29, 0.717) is 6.79 Å². The minimum atomic E-state index is -1.19.